The molecule has 0 fully saturated rings. The van der Waals surface area contributed by atoms with Crippen LogP contribution in [0.2, 0.25) is 0 Å². The number of rotatable bonds is 5. The van der Waals surface area contributed by atoms with E-state index in [1.54, 1.807) is 0 Å². The van der Waals surface area contributed by atoms with Gasteiger partial charge in [-0.25, -0.2) is 0 Å². The van der Waals surface area contributed by atoms with E-state index in [1.165, 1.54) is 5.57 Å². The first-order valence-corrected chi connectivity index (χ1v) is 6.05. The average Bonchev–Trinajstić information content (AvgIpc) is 2.22. The highest BCUT2D eigenvalue weighted by atomic mass is 16.5. The third-order valence-electron chi connectivity index (χ3n) is 3.21. The van der Waals surface area contributed by atoms with Crippen molar-refractivity contribution in [1.82, 2.24) is 0 Å². The van der Waals surface area contributed by atoms with Crippen LogP contribution < -0.4 is 0 Å². The molecular formula is C13H24O2. The van der Waals surface area contributed by atoms with E-state index in [0.717, 1.165) is 25.9 Å². The van der Waals surface area contributed by atoms with Gasteiger partial charge in [-0.15, -0.1) is 0 Å². The van der Waals surface area contributed by atoms with Gasteiger partial charge >= 0.3 is 0 Å². The van der Waals surface area contributed by atoms with Crippen LogP contribution >= 0.6 is 0 Å². The van der Waals surface area contributed by atoms with Crippen LogP contribution in [0.15, 0.2) is 11.6 Å². The molecule has 0 saturated carbocycles. The first-order valence-electron chi connectivity index (χ1n) is 6.05. The van der Waals surface area contributed by atoms with Crippen LogP contribution in [0.3, 0.4) is 0 Å². The van der Waals surface area contributed by atoms with E-state index in [1.807, 2.05) is 0 Å². The van der Waals surface area contributed by atoms with E-state index in [2.05, 4.69) is 26.8 Å². The van der Waals surface area contributed by atoms with E-state index in [-0.39, 0.29) is 6.61 Å². The second-order valence-electron chi connectivity index (χ2n) is 4.77. The Morgan fingerprint density at radius 1 is 1.60 bits per heavy atom. The molecule has 0 aromatic rings. The Kier molecular flexibility index (Phi) is 5.34. The fourth-order valence-corrected chi connectivity index (χ4v) is 2.38. The van der Waals surface area contributed by atoms with Crippen molar-refractivity contribution in [3.63, 3.8) is 0 Å². The van der Waals surface area contributed by atoms with Crippen molar-refractivity contribution in [1.29, 1.82) is 0 Å². The van der Waals surface area contributed by atoms with Crippen LogP contribution in [0.4, 0.5) is 0 Å². The molecule has 0 aliphatic heterocycles. The number of allylic oxidation sites excluding steroid dienone is 1. The van der Waals surface area contributed by atoms with Crippen LogP contribution in [0, 0.1) is 11.8 Å². The van der Waals surface area contributed by atoms with E-state index in [4.69, 9.17) is 9.84 Å². The topological polar surface area (TPSA) is 29.5 Å². The van der Waals surface area contributed by atoms with Crippen molar-refractivity contribution < 1.29 is 9.84 Å². The lowest BCUT2D eigenvalue weighted by Crippen LogP contribution is -2.29. The third-order valence-corrected chi connectivity index (χ3v) is 3.21. The van der Waals surface area contributed by atoms with E-state index >= 15 is 0 Å². The molecule has 2 nitrogen and oxygen atoms in total. The standard InChI is InChI=1S/C13H24O2/c1-4-15-13-6-5-10(2)7-12(13)8-11(3)9-14/h5,11-14H,4,6-9H2,1-3H3. The van der Waals surface area contributed by atoms with Gasteiger partial charge in [0.25, 0.3) is 0 Å². The van der Waals surface area contributed by atoms with Gasteiger partial charge < -0.3 is 9.84 Å². The molecule has 0 saturated heterocycles. The van der Waals surface area contributed by atoms with Gasteiger partial charge in [0.1, 0.15) is 0 Å². The summed E-state index contributed by atoms with van der Waals surface area (Å²) in [4.78, 5) is 0. The maximum Gasteiger partial charge on any atom is 0.0640 e. The second-order valence-corrected chi connectivity index (χ2v) is 4.77. The molecule has 3 unspecified atom stereocenters. The fourth-order valence-electron chi connectivity index (χ4n) is 2.38. The van der Waals surface area contributed by atoms with E-state index in [0.29, 0.717) is 17.9 Å². The van der Waals surface area contributed by atoms with Gasteiger partial charge in [0.2, 0.25) is 0 Å². The van der Waals surface area contributed by atoms with Crippen LogP contribution in [0.5, 0.6) is 0 Å². The molecule has 3 atom stereocenters. The minimum absolute atomic E-state index is 0.290. The van der Waals surface area contributed by atoms with Crippen LogP contribution in [0.25, 0.3) is 0 Å². The predicted molar refractivity (Wildman–Crippen MR) is 62.8 cm³/mol. The van der Waals surface area contributed by atoms with Crippen molar-refractivity contribution in [2.45, 2.75) is 46.1 Å². The predicted octanol–water partition coefficient (Wildman–Crippen LogP) is 2.77. The van der Waals surface area contributed by atoms with Crippen molar-refractivity contribution in [3.8, 4) is 0 Å². The maximum absolute atomic E-state index is 9.09. The number of aliphatic hydroxyl groups excluding tert-OH is 1. The molecule has 1 aliphatic carbocycles. The molecule has 1 aliphatic rings. The molecule has 0 spiro atoms. The van der Waals surface area contributed by atoms with Crippen LogP contribution in [-0.2, 0) is 4.74 Å². The quantitative estimate of drug-likeness (QED) is 0.710. The van der Waals surface area contributed by atoms with Crippen molar-refractivity contribution in [2.24, 2.45) is 11.8 Å². The first kappa shape index (κ1) is 12.7. The van der Waals surface area contributed by atoms with Gasteiger partial charge in [-0.3, -0.25) is 0 Å². The lowest BCUT2D eigenvalue weighted by molar-refractivity contribution is 0.00733. The molecule has 15 heavy (non-hydrogen) atoms. The summed E-state index contributed by atoms with van der Waals surface area (Å²) in [5, 5.41) is 9.09. The Morgan fingerprint density at radius 2 is 2.33 bits per heavy atom. The van der Waals surface area contributed by atoms with Crippen molar-refractivity contribution in [2.75, 3.05) is 13.2 Å². The third kappa shape index (κ3) is 3.96. The highest BCUT2D eigenvalue weighted by molar-refractivity contribution is 5.06. The zero-order chi connectivity index (χ0) is 11.3. The number of hydrogen-bond acceptors (Lipinski definition) is 2. The largest absolute Gasteiger partial charge is 0.396 e. The Labute approximate surface area is 93.3 Å². The smallest absolute Gasteiger partial charge is 0.0640 e. The summed E-state index contributed by atoms with van der Waals surface area (Å²) in [6.07, 6.45) is 5.91. The van der Waals surface area contributed by atoms with Crippen LogP contribution in [-0.4, -0.2) is 24.4 Å². The molecule has 0 aromatic carbocycles. The van der Waals surface area contributed by atoms with E-state index in [9.17, 15) is 0 Å². The lowest BCUT2D eigenvalue weighted by Gasteiger charge is -2.31. The summed E-state index contributed by atoms with van der Waals surface area (Å²) >= 11 is 0. The normalized spacial score (nSPS) is 28.7. The second kappa shape index (κ2) is 6.29. The molecule has 88 valence electrons. The molecule has 0 bridgehead atoms. The monoisotopic (exact) mass is 212 g/mol. The number of aliphatic hydroxyl groups is 1. The summed E-state index contributed by atoms with van der Waals surface area (Å²) in [5.74, 6) is 0.987. The van der Waals surface area contributed by atoms with Crippen LogP contribution in [0.1, 0.15) is 40.0 Å². The average molecular weight is 212 g/mol. The SMILES string of the molecule is CCOC1CC=C(C)CC1CC(C)CO. The highest BCUT2D eigenvalue weighted by Crippen LogP contribution is 2.31. The van der Waals surface area contributed by atoms with Gasteiger partial charge in [-0.05, 0) is 44.9 Å². The molecular weight excluding hydrogens is 188 g/mol. The zero-order valence-corrected chi connectivity index (χ0v) is 10.2. The summed E-state index contributed by atoms with van der Waals surface area (Å²) in [5.41, 5.74) is 1.47. The van der Waals surface area contributed by atoms with Crippen molar-refractivity contribution >= 4 is 0 Å². The van der Waals surface area contributed by atoms with Gasteiger partial charge in [0.05, 0.1) is 6.10 Å². The first-order chi connectivity index (χ1) is 7.17. The molecule has 1 N–H and O–H groups in total. The summed E-state index contributed by atoms with van der Waals surface area (Å²) < 4.78 is 5.76. The molecule has 0 aromatic heterocycles. The number of ether oxygens (including phenoxy) is 1. The lowest BCUT2D eigenvalue weighted by atomic mass is 9.81. The highest BCUT2D eigenvalue weighted by Gasteiger charge is 2.26. The molecule has 0 radical (unpaired) electrons. The number of hydrogen-bond donors (Lipinski definition) is 1. The Morgan fingerprint density at radius 3 is 2.93 bits per heavy atom. The molecule has 2 heteroatoms. The van der Waals surface area contributed by atoms with Gasteiger partial charge in [-0.1, -0.05) is 18.6 Å². The summed E-state index contributed by atoms with van der Waals surface area (Å²) in [7, 11) is 0. The summed E-state index contributed by atoms with van der Waals surface area (Å²) in [6, 6.07) is 0. The Bertz CT molecular complexity index is 211. The van der Waals surface area contributed by atoms with E-state index < -0.39 is 0 Å². The molecule has 0 heterocycles. The van der Waals surface area contributed by atoms with Gasteiger partial charge in [0.15, 0.2) is 0 Å². The maximum atomic E-state index is 9.09. The minimum atomic E-state index is 0.290. The fraction of sp³-hybridized carbons (Fsp3) is 0.846. The van der Waals surface area contributed by atoms with Gasteiger partial charge in [0, 0.05) is 13.2 Å². The minimum Gasteiger partial charge on any atom is -0.396 e. The Hall–Kier alpha value is -0.340. The Balaban J connectivity index is 2.53. The molecule has 0 amide bonds. The summed E-state index contributed by atoms with van der Waals surface area (Å²) in [6.45, 7) is 7.44. The molecule has 1 rings (SSSR count). The van der Waals surface area contributed by atoms with Gasteiger partial charge in [-0.2, -0.15) is 0 Å². The van der Waals surface area contributed by atoms with Crippen molar-refractivity contribution in [3.05, 3.63) is 11.6 Å². The zero-order valence-electron chi connectivity index (χ0n) is 10.2.